The minimum atomic E-state index is 0.856. The molecule has 0 saturated carbocycles. The predicted octanol–water partition coefficient (Wildman–Crippen LogP) is 3.02. The van der Waals surface area contributed by atoms with Crippen molar-refractivity contribution in [2.45, 2.75) is 26.2 Å². The minimum absolute atomic E-state index is 0.856. The molecule has 1 saturated heterocycles. The van der Waals surface area contributed by atoms with E-state index in [1.807, 2.05) is 0 Å². The zero-order chi connectivity index (χ0) is 11.7. The van der Waals surface area contributed by atoms with Crippen molar-refractivity contribution in [1.82, 2.24) is 10.3 Å². The molecule has 2 nitrogen and oxygen atoms in total. The number of aryl methyl sites for hydroxylation is 1. The Hall–Kier alpha value is -1.28. The normalized spacial score (nSPS) is 17.7. The van der Waals surface area contributed by atoms with Gasteiger partial charge in [-0.3, -0.25) is 0 Å². The fraction of sp³-hybridized carbons (Fsp3) is 0.467. The summed E-state index contributed by atoms with van der Waals surface area (Å²) in [6.45, 7) is 4.58. The second kappa shape index (κ2) is 4.53. The van der Waals surface area contributed by atoms with Crippen LogP contribution in [0.4, 0.5) is 0 Å². The van der Waals surface area contributed by atoms with E-state index in [-0.39, 0.29) is 0 Å². The van der Waals surface area contributed by atoms with Gasteiger partial charge in [0.1, 0.15) is 0 Å². The monoisotopic (exact) mass is 228 g/mol. The quantitative estimate of drug-likeness (QED) is 0.812. The first-order valence-corrected chi connectivity index (χ1v) is 6.61. The van der Waals surface area contributed by atoms with Gasteiger partial charge in [-0.2, -0.15) is 0 Å². The average Bonchev–Trinajstić information content (AvgIpc) is 2.75. The van der Waals surface area contributed by atoms with Gasteiger partial charge >= 0.3 is 0 Å². The molecule has 0 radical (unpaired) electrons. The summed E-state index contributed by atoms with van der Waals surface area (Å²) < 4.78 is 0. The van der Waals surface area contributed by atoms with Crippen LogP contribution in [0.2, 0.25) is 0 Å². The highest BCUT2D eigenvalue weighted by molar-refractivity contribution is 5.86. The molecule has 1 aromatic heterocycles. The third-order valence-electron chi connectivity index (χ3n) is 3.96. The van der Waals surface area contributed by atoms with Gasteiger partial charge in [0.2, 0.25) is 0 Å². The van der Waals surface area contributed by atoms with Gasteiger partial charge in [-0.1, -0.05) is 12.1 Å². The van der Waals surface area contributed by atoms with Gasteiger partial charge in [0.15, 0.2) is 0 Å². The highest BCUT2D eigenvalue weighted by Crippen LogP contribution is 2.26. The van der Waals surface area contributed by atoms with Crippen LogP contribution in [0.1, 0.15) is 24.0 Å². The molecular weight excluding hydrogens is 208 g/mol. The van der Waals surface area contributed by atoms with E-state index in [0.29, 0.717) is 0 Å². The number of fused-ring (bicyclic) bond motifs is 1. The lowest BCUT2D eigenvalue weighted by Crippen LogP contribution is -2.28. The average molecular weight is 228 g/mol. The van der Waals surface area contributed by atoms with Gasteiger partial charge < -0.3 is 10.3 Å². The van der Waals surface area contributed by atoms with E-state index in [1.165, 1.54) is 54.4 Å². The van der Waals surface area contributed by atoms with E-state index >= 15 is 0 Å². The number of H-pyrrole nitrogens is 1. The number of benzene rings is 1. The van der Waals surface area contributed by atoms with Gasteiger partial charge in [0.25, 0.3) is 0 Å². The van der Waals surface area contributed by atoms with Crippen LogP contribution in [0, 0.1) is 12.8 Å². The number of nitrogens with one attached hydrogen (secondary N) is 2. The zero-order valence-corrected chi connectivity index (χ0v) is 10.4. The maximum absolute atomic E-state index is 3.44. The third kappa shape index (κ3) is 2.09. The molecule has 2 N–H and O–H groups in total. The second-order valence-electron chi connectivity index (χ2n) is 5.21. The molecule has 0 aliphatic carbocycles. The SMILES string of the molecule is Cc1cccc2[nH]cc(CC3CCNCC3)c12. The Labute approximate surface area is 102 Å². The Morgan fingerprint density at radius 2 is 2.06 bits per heavy atom. The molecule has 90 valence electrons. The summed E-state index contributed by atoms with van der Waals surface area (Å²) in [5, 5.41) is 4.89. The van der Waals surface area contributed by atoms with Gasteiger partial charge in [0, 0.05) is 17.1 Å². The Balaban J connectivity index is 1.89. The molecule has 3 rings (SSSR count). The van der Waals surface area contributed by atoms with Crippen molar-refractivity contribution in [3.63, 3.8) is 0 Å². The van der Waals surface area contributed by atoms with Gasteiger partial charge in [-0.15, -0.1) is 0 Å². The maximum atomic E-state index is 3.44. The predicted molar refractivity (Wildman–Crippen MR) is 72.3 cm³/mol. The largest absolute Gasteiger partial charge is 0.361 e. The first-order valence-electron chi connectivity index (χ1n) is 6.61. The number of hydrogen-bond donors (Lipinski definition) is 2. The summed E-state index contributed by atoms with van der Waals surface area (Å²) in [7, 11) is 0. The maximum Gasteiger partial charge on any atom is 0.0459 e. The van der Waals surface area contributed by atoms with Crippen LogP contribution < -0.4 is 5.32 Å². The first-order chi connectivity index (χ1) is 8.34. The molecule has 0 spiro atoms. The first kappa shape index (κ1) is 10.8. The van der Waals surface area contributed by atoms with Crippen molar-refractivity contribution in [3.8, 4) is 0 Å². The van der Waals surface area contributed by atoms with E-state index < -0.39 is 0 Å². The molecule has 2 heteroatoms. The summed E-state index contributed by atoms with van der Waals surface area (Å²) in [6, 6.07) is 6.51. The smallest absolute Gasteiger partial charge is 0.0459 e. The molecular formula is C15H20N2. The van der Waals surface area contributed by atoms with Crippen LogP contribution in [0.5, 0.6) is 0 Å². The van der Waals surface area contributed by atoms with Crippen molar-refractivity contribution in [2.24, 2.45) is 5.92 Å². The minimum Gasteiger partial charge on any atom is -0.361 e. The van der Waals surface area contributed by atoms with Crippen LogP contribution in [0.3, 0.4) is 0 Å². The lowest BCUT2D eigenvalue weighted by Gasteiger charge is -2.22. The van der Waals surface area contributed by atoms with Crippen molar-refractivity contribution in [3.05, 3.63) is 35.5 Å². The summed E-state index contributed by atoms with van der Waals surface area (Å²) in [4.78, 5) is 3.40. The van der Waals surface area contributed by atoms with Crippen LogP contribution in [0.25, 0.3) is 10.9 Å². The van der Waals surface area contributed by atoms with E-state index in [2.05, 4.69) is 41.6 Å². The van der Waals surface area contributed by atoms with E-state index in [0.717, 1.165) is 5.92 Å². The van der Waals surface area contributed by atoms with Crippen molar-refractivity contribution in [2.75, 3.05) is 13.1 Å². The molecule has 0 unspecified atom stereocenters. The van der Waals surface area contributed by atoms with Crippen LogP contribution in [0.15, 0.2) is 24.4 Å². The summed E-state index contributed by atoms with van der Waals surface area (Å²) in [6.07, 6.45) is 6.07. The molecule has 1 aliphatic heterocycles. The van der Waals surface area contributed by atoms with Gasteiger partial charge in [-0.25, -0.2) is 0 Å². The van der Waals surface area contributed by atoms with E-state index in [9.17, 15) is 0 Å². The van der Waals surface area contributed by atoms with E-state index in [1.54, 1.807) is 0 Å². The van der Waals surface area contributed by atoms with Gasteiger partial charge in [0.05, 0.1) is 0 Å². The van der Waals surface area contributed by atoms with Crippen molar-refractivity contribution in [1.29, 1.82) is 0 Å². The number of hydrogen-bond acceptors (Lipinski definition) is 1. The molecule has 17 heavy (non-hydrogen) atoms. The molecule has 1 fully saturated rings. The fourth-order valence-electron chi connectivity index (χ4n) is 3.01. The third-order valence-corrected chi connectivity index (χ3v) is 3.96. The second-order valence-corrected chi connectivity index (χ2v) is 5.21. The molecule has 2 aromatic rings. The van der Waals surface area contributed by atoms with Crippen LogP contribution in [-0.2, 0) is 6.42 Å². The Bertz CT molecular complexity index is 507. The lowest BCUT2D eigenvalue weighted by molar-refractivity contribution is 0.373. The number of piperidine rings is 1. The Kier molecular flexibility index (Phi) is 2.89. The van der Waals surface area contributed by atoms with Crippen LogP contribution >= 0.6 is 0 Å². The summed E-state index contributed by atoms with van der Waals surface area (Å²) >= 11 is 0. The summed E-state index contributed by atoms with van der Waals surface area (Å²) in [5.41, 5.74) is 4.19. The molecule has 1 aromatic carbocycles. The topological polar surface area (TPSA) is 27.8 Å². The zero-order valence-electron chi connectivity index (χ0n) is 10.4. The van der Waals surface area contributed by atoms with E-state index in [4.69, 9.17) is 0 Å². The highest BCUT2D eigenvalue weighted by Gasteiger charge is 2.16. The Morgan fingerprint density at radius 1 is 1.24 bits per heavy atom. The summed E-state index contributed by atoms with van der Waals surface area (Å²) in [5.74, 6) is 0.856. The number of aromatic amines is 1. The molecule has 0 amide bonds. The van der Waals surface area contributed by atoms with Crippen LogP contribution in [-0.4, -0.2) is 18.1 Å². The van der Waals surface area contributed by atoms with Crippen molar-refractivity contribution >= 4 is 10.9 Å². The number of rotatable bonds is 2. The molecule has 0 atom stereocenters. The molecule has 1 aliphatic rings. The van der Waals surface area contributed by atoms with Gasteiger partial charge in [-0.05, 0) is 62.4 Å². The molecule has 2 heterocycles. The fourth-order valence-corrected chi connectivity index (χ4v) is 3.01. The lowest BCUT2D eigenvalue weighted by atomic mass is 9.90. The Morgan fingerprint density at radius 3 is 2.88 bits per heavy atom. The number of aromatic nitrogens is 1. The highest BCUT2D eigenvalue weighted by atomic mass is 14.9. The standard InChI is InChI=1S/C15H20N2/c1-11-3-2-4-14-15(11)13(10-17-14)9-12-5-7-16-8-6-12/h2-4,10,12,16-17H,5-9H2,1H3. The molecule has 0 bridgehead atoms. The van der Waals surface area contributed by atoms with Crippen molar-refractivity contribution < 1.29 is 0 Å².